The molecule has 1 atom stereocenters. The van der Waals surface area contributed by atoms with Gasteiger partial charge in [-0.2, -0.15) is 5.26 Å². The van der Waals surface area contributed by atoms with E-state index in [2.05, 4.69) is 5.32 Å². The number of hydrogen-bond donors (Lipinski definition) is 2. The summed E-state index contributed by atoms with van der Waals surface area (Å²) in [5.41, 5.74) is 6.96. The van der Waals surface area contributed by atoms with Crippen LogP contribution in [0.1, 0.15) is 21.5 Å². The fraction of sp³-hybridized carbons (Fsp3) is 0.118. The summed E-state index contributed by atoms with van der Waals surface area (Å²) < 4.78 is 0. The molecular weight excluding hydrogens is 314 g/mol. The van der Waals surface area contributed by atoms with E-state index >= 15 is 0 Å². The molecule has 0 aliphatic heterocycles. The van der Waals surface area contributed by atoms with Crippen molar-refractivity contribution in [3.63, 3.8) is 0 Å². The van der Waals surface area contributed by atoms with Gasteiger partial charge >= 0.3 is 0 Å². The second-order valence-corrected chi connectivity index (χ2v) is 5.39. The Balaban J connectivity index is 2.11. The van der Waals surface area contributed by atoms with Gasteiger partial charge in [0.15, 0.2) is 0 Å². The summed E-state index contributed by atoms with van der Waals surface area (Å²) in [5.74, 6) is -1.06. The van der Waals surface area contributed by atoms with Gasteiger partial charge in [-0.15, -0.1) is 0 Å². The van der Waals surface area contributed by atoms with Gasteiger partial charge in [-0.3, -0.25) is 9.59 Å². The van der Waals surface area contributed by atoms with Crippen LogP contribution in [0.3, 0.4) is 0 Å². The van der Waals surface area contributed by atoms with E-state index in [0.717, 1.165) is 5.56 Å². The lowest BCUT2D eigenvalue weighted by atomic mass is 10.0. The lowest BCUT2D eigenvalue weighted by Crippen LogP contribution is -2.45. The molecule has 0 aliphatic carbocycles. The Kier molecular flexibility index (Phi) is 5.34. The summed E-state index contributed by atoms with van der Waals surface area (Å²) >= 11 is 5.91. The molecule has 2 aromatic carbocycles. The normalized spacial score (nSPS) is 11.3. The second kappa shape index (κ2) is 7.43. The van der Waals surface area contributed by atoms with Crippen molar-refractivity contribution in [2.24, 2.45) is 5.73 Å². The Hall–Kier alpha value is -2.84. The number of benzene rings is 2. The molecule has 6 heteroatoms. The van der Waals surface area contributed by atoms with E-state index in [9.17, 15) is 9.59 Å². The number of nitriles is 1. The Morgan fingerprint density at radius 1 is 1.22 bits per heavy atom. The molecule has 0 heterocycles. The van der Waals surface area contributed by atoms with Crippen molar-refractivity contribution in [3.05, 3.63) is 70.2 Å². The van der Waals surface area contributed by atoms with Gasteiger partial charge < -0.3 is 11.1 Å². The quantitative estimate of drug-likeness (QED) is 0.879. The number of carbonyl (C=O) groups is 2. The Morgan fingerprint density at radius 3 is 2.48 bits per heavy atom. The van der Waals surface area contributed by atoms with Crippen LogP contribution in [-0.2, 0) is 11.2 Å². The fourth-order valence-electron chi connectivity index (χ4n) is 2.06. The van der Waals surface area contributed by atoms with Gasteiger partial charge in [-0.25, -0.2) is 0 Å². The molecule has 2 amide bonds. The topological polar surface area (TPSA) is 96.0 Å². The molecule has 116 valence electrons. The molecule has 0 bridgehead atoms. The number of carbonyl (C=O) groups excluding carboxylic acids is 2. The largest absolute Gasteiger partial charge is 0.368 e. The van der Waals surface area contributed by atoms with E-state index in [1.165, 1.54) is 24.3 Å². The Labute approximate surface area is 138 Å². The lowest BCUT2D eigenvalue weighted by Gasteiger charge is -2.16. The van der Waals surface area contributed by atoms with Gasteiger partial charge in [0.2, 0.25) is 5.91 Å². The van der Waals surface area contributed by atoms with Gasteiger partial charge in [0, 0.05) is 17.0 Å². The third-order valence-electron chi connectivity index (χ3n) is 3.25. The molecule has 23 heavy (non-hydrogen) atoms. The highest BCUT2D eigenvalue weighted by molar-refractivity contribution is 6.30. The summed E-state index contributed by atoms with van der Waals surface area (Å²) in [4.78, 5) is 23.8. The van der Waals surface area contributed by atoms with E-state index in [1.807, 2.05) is 6.07 Å². The van der Waals surface area contributed by atoms with Crippen LogP contribution in [0.5, 0.6) is 0 Å². The molecule has 5 nitrogen and oxygen atoms in total. The average Bonchev–Trinajstić information content (AvgIpc) is 2.54. The minimum absolute atomic E-state index is 0.248. The molecule has 0 aliphatic rings. The monoisotopic (exact) mass is 327 g/mol. The van der Waals surface area contributed by atoms with Crippen molar-refractivity contribution in [2.75, 3.05) is 0 Å². The zero-order valence-corrected chi connectivity index (χ0v) is 12.9. The fourth-order valence-corrected chi connectivity index (χ4v) is 2.27. The van der Waals surface area contributed by atoms with E-state index in [0.29, 0.717) is 16.1 Å². The van der Waals surface area contributed by atoms with Crippen LogP contribution in [-0.4, -0.2) is 17.9 Å². The van der Waals surface area contributed by atoms with E-state index < -0.39 is 17.9 Å². The summed E-state index contributed by atoms with van der Waals surface area (Å²) in [6.45, 7) is 0. The van der Waals surface area contributed by atoms with Gasteiger partial charge in [0.05, 0.1) is 11.6 Å². The minimum atomic E-state index is -0.850. The molecule has 0 aromatic heterocycles. The summed E-state index contributed by atoms with van der Waals surface area (Å²) in [7, 11) is 0. The second-order valence-electron chi connectivity index (χ2n) is 4.95. The van der Waals surface area contributed by atoms with Gasteiger partial charge in [0.25, 0.3) is 5.91 Å². The van der Waals surface area contributed by atoms with Gasteiger partial charge in [0.1, 0.15) is 6.04 Å². The third kappa shape index (κ3) is 4.56. The SMILES string of the molecule is N#Cc1ccc(C(=O)N[C@H](Cc2cccc(Cl)c2)C(N)=O)cc1. The minimum Gasteiger partial charge on any atom is -0.368 e. The highest BCUT2D eigenvalue weighted by Gasteiger charge is 2.19. The zero-order chi connectivity index (χ0) is 16.8. The van der Waals surface area contributed by atoms with Crippen LogP contribution in [0.2, 0.25) is 5.02 Å². The molecule has 0 unspecified atom stereocenters. The molecule has 0 spiro atoms. The lowest BCUT2D eigenvalue weighted by molar-refractivity contribution is -0.119. The number of primary amides is 1. The summed E-state index contributed by atoms with van der Waals surface area (Å²) in [6, 6.07) is 14.2. The van der Waals surface area contributed by atoms with Crippen LogP contribution in [0, 0.1) is 11.3 Å². The molecule has 2 aromatic rings. The van der Waals surface area contributed by atoms with Crippen LogP contribution in [0.15, 0.2) is 48.5 Å². The summed E-state index contributed by atoms with van der Waals surface area (Å²) in [5, 5.41) is 11.9. The maximum atomic E-state index is 12.2. The van der Waals surface area contributed by atoms with Crippen molar-refractivity contribution in [3.8, 4) is 6.07 Å². The Bertz CT molecular complexity index is 766. The molecule has 0 radical (unpaired) electrons. The number of halogens is 1. The van der Waals surface area contributed by atoms with Crippen molar-refractivity contribution in [2.45, 2.75) is 12.5 Å². The molecule has 0 saturated carbocycles. The molecule has 3 N–H and O–H groups in total. The number of hydrogen-bond acceptors (Lipinski definition) is 3. The van der Waals surface area contributed by atoms with Gasteiger partial charge in [-0.1, -0.05) is 23.7 Å². The molecule has 0 saturated heterocycles. The van der Waals surface area contributed by atoms with Crippen LogP contribution in [0.4, 0.5) is 0 Å². The highest BCUT2D eigenvalue weighted by atomic mass is 35.5. The third-order valence-corrected chi connectivity index (χ3v) is 3.49. The first kappa shape index (κ1) is 16.5. The number of nitrogens with zero attached hydrogens (tertiary/aromatic N) is 1. The highest BCUT2D eigenvalue weighted by Crippen LogP contribution is 2.13. The van der Waals surface area contributed by atoms with E-state index in [1.54, 1.807) is 24.3 Å². The van der Waals surface area contributed by atoms with Crippen molar-refractivity contribution in [1.29, 1.82) is 5.26 Å². The predicted octanol–water partition coefficient (Wildman–Crippen LogP) is 2.04. The Morgan fingerprint density at radius 2 is 1.91 bits per heavy atom. The zero-order valence-electron chi connectivity index (χ0n) is 12.1. The average molecular weight is 328 g/mol. The van der Waals surface area contributed by atoms with E-state index in [4.69, 9.17) is 22.6 Å². The maximum Gasteiger partial charge on any atom is 0.251 e. The predicted molar refractivity (Wildman–Crippen MR) is 86.8 cm³/mol. The first-order chi connectivity index (χ1) is 11.0. The van der Waals surface area contributed by atoms with Crippen molar-refractivity contribution >= 4 is 23.4 Å². The van der Waals surface area contributed by atoms with Crippen molar-refractivity contribution in [1.82, 2.24) is 5.32 Å². The number of rotatable bonds is 5. The maximum absolute atomic E-state index is 12.2. The van der Waals surface area contributed by atoms with Crippen LogP contribution in [0.25, 0.3) is 0 Å². The number of nitrogens with one attached hydrogen (secondary N) is 1. The van der Waals surface area contributed by atoms with E-state index in [-0.39, 0.29) is 6.42 Å². The van der Waals surface area contributed by atoms with Gasteiger partial charge in [-0.05, 0) is 42.0 Å². The molecule has 0 fully saturated rings. The first-order valence-corrected chi connectivity index (χ1v) is 7.22. The molecular formula is C17H14ClN3O2. The molecule has 2 rings (SSSR count). The van der Waals surface area contributed by atoms with Crippen LogP contribution >= 0.6 is 11.6 Å². The smallest absolute Gasteiger partial charge is 0.251 e. The number of nitrogens with two attached hydrogens (primary N) is 1. The van der Waals surface area contributed by atoms with Crippen LogP contribution < -0.4 is 11.1 Å². The first-order valence-electron chi connectivity index (χ1n) is 6.84. The number of amides is 2. The van der Waals surface area contributed by atoms with Crippen molar-refractivity contribution < 1.29 is 9.59 Å². The standard InChI is InChI=1S/C17H14ClN3O2/c18-14-3-1-2-12(8-14)9-15(16(20)22)21-17(23)13-6-4-11(10-19)5-7-13/h1-8,15H,9H2,(H2,20,22)(H,21,23)/t15-/m1/s1. The summed E-state index contributed by atoms with van der Waals surface area (Å²) in [6.07, 6.45) is 0.248.